The van der Waals surface area contributed by atoms with Gasteiger partial charge in [0.15, 0.2) is 5.13 Å². The molecule has 2 heterocycles. The van der Waals surface area contributed by atoms with E-state index in [0.29, 0.717) is 10.7 Å². The van der Waals surface area contributed by atoms with Crippen LogP contribution >= 0.6 is 11.3 Å². The Balaban J connectivity index is 1.86. The van der Waals surface area contributed by atoms with Gasteiger partial charge in [-0.3, -0.25) is 14.9 Å². The van der Waals surface area contributed by atoms with Gasteiger partial charge >= 0.3 is 0 Å². The van der Waals surface area contributed by atoms with Gasteiger partial charge in [0, 0.05) is 28.2 Å². The van der Waals surface area contributed by atoms with E-state index in [1.807, 2.05) is 25.1 Å². The van der Waals surface area contributed by atoms with Crippen molar-refractivity contribution in [2.75, 3.05) is 5.32 Å². The first-order valence-corrected chi connectivity index (χ1v) is 6.81. The van der Waals surface area contributed by atoms with Gasteiger partial charge in [-0.25, -0.2) is 4.98 Å². The molecular formula is C14H11N3O2S. The second-order valence-corrected chi connectivity index (χ2v) is 5.54. The minimum Gasteiger partial charge on any atom is -0.360 e. The lowest BCUT2D eigenvalue weighted by Crippen LogP contribution is -2.22. The number of H-pyrrole nitrogens is 1. The molecule has 0 saturated carbocycles. The van der Waals surface area contributed by atoms with E-state index < -0.39 is 11.7 Å². The number of aromatic nitrogens is 2. The normalized spacial score (nSPS) is 10.7. The number of rotatable bonds is 3. The predicted molar refractivity (Wildman–Crippen MR) is 78.1 cm³/mol. The monoisotopic (exact) mass is 285 g/mol. The zero-order valence-corrected chi connectivity index (χ0v) is 11.5. The zero-order valence-electron chi connectivity index (χ0n) is 10.6. The number of para-hydroxylation sites is 1. The van der Waals surface area contributed by atoms with E-state index >= 15 is 0 Å². The molecule has 3 aromatic rings. The molecule has 0 fully saturated rings. The van der Waals surface area contributed by atoms with Gasteiger partial charge in [0.2, 0.25) is 0 Å². The highest BCUT2D eigenvalue weighted by Gasteiger charge is 2.20. The third-order valence-corrected chi connectivity index (χ3v) is 3.71. The van der Waals surface area contributed by atoms with E-state index in [1.54, 1.807) is 18.5 Å². The summed E-state index contributed by atoms with van der Waals surface area (Å²) >= 11 is 1.33. The number of nitrogens with one attached hydrogen (secondary N) is 2. The fourth-order valence-corrected chi connectivity index (χ4v) is 2.61. The highest BCUT2D eigenvalue weighted by Crippen LogP contribution is 2.20. The standard InChI is InChI=1S/C14H11N3O2S/c1-8-6-16-14(20-8)17-13(19)12(18)10-7-15-11-5-3-2-4-9(10)11/h2-7,15H,1H3,(H,16,17,19). The number of aryl methyl sites for hydroxylation is 1. The molecule has 20 heavy (non-hydrogen) atoms. The molecule has 2 N–H and O–H groups in total. The molecule has 100 valence electrons. The van der Waals surface area contributed by atoms with Crippen molar-refractivity contribution in [3.05, 3.63) is 47.1 Å². The summed E-state index contributed by atoms with van der Waals surface area (Å²) in [4.78, 5) is 32.1. The Bertz CT molecular complexity index is 803. The third kappa shape index (κ3) is 2.21. The van der Waals surface area contributed by atoms with Crippen LogP contribution in [0, 0.1) is 6.92 Å². The topological polar surface area (TPSA) is 74.8 Å². The maximum atomic E-state index is 12.2. The Morgan fingerprint density at radius 3 is 2.85 bits per heavy atom. The number of carbonyl (C=O) groups excluding carboxylic acids is 2. The van der Waals surface area contributed by atoms with Gasteiger partial charge in [-0.15, -0.1) is 11.3 Å². The van der Waals surface area contributed by atoms with Crippen LogP contribution in [0.3, 0.4) is 0 Å². The Hall–Kier alpha value is -2.47. The molecule has 1 amide bonds. The average Bonchev–Trinajstić information content (AvgIpc) is 3.04. The molecule has 0 aliphatic rings. The van der Waals surface area contributed by atoms with Gasteiger partial charge in [-0.05, 0) is 13.0 Å². The Labute approximate surface area is 118 Å². The van der Waals surface area contributed by atoms with Gasteiger partial charge in [-0.2, -0.15) is 0 Å². The number of fused-ring (bicyclic) bond motifs is 1. The van der Waals surface area contributed by atoms with Crippen molar-refractivity contribution in [2.24, 2.45) is 0 Å². The van der Waals surface area contributed by atoms with Crippen LogP contribution in [0.1, 0.15) is 15.2 Å². The summed E-state index contributed by atoms with van der Waals surface area (Å²) in [7, 11) is 0. The van der Waals surface area contributed by atoms with Crippen molar-refractivity contribution in [3.8, 4) is 0 Å². The molecular weight excluding hydrogens is 274 g/mol. The minimum atomic E-state index is -0.677. The summed E-state index contributed by atoms with van der Waals surface area (Å²) < 4.78 is 0. The first kappa shape index (κ1) is 12.6. The maximum absolute atomic E-state index is 12.2. The number of thiazole rings is 1. The fourth-order valence-electron chi connectivity index (χ4n) is 1.95. The van der Waals surface area contributed by atoms with Crippen LogP contribution in [0.15, 0.2) is 36.7 Å². The first-order chi connectivity index (χ1) is 9.65. The summed E-state index contributed by atoms with van der Waals surface area (Å²) in [6.07, 6.45) is 3.20. The zero-order chi connectivity index (χ0) is 14.1. The van der Waals surface area contributed by atoms with E-state index in [0.717, 1.165) is 15.8 Å². The van der Waals surface area contributed by atoms with Crippen molar-refractivity contribution in [2.45, 2.75) is 6.92 Å². The third-order valence-electron chi connectivity index (χ3n) is 2.88. The number of nitrogens with zero attached hydrogens (tertiary/aromatic N) is 1. The number of benzene rings is 1. The maximum Gasteiger partial charge on any atom is 0.298 e. The number of anilines is 1. The molecule has 6 heteroatoms. The van der Waals surface area contributed by atoms with Crippen molar-refractivity contribution < 1.29 is 9.59 Å². The van der Waals surface area contributed by atoms with Gasteiger partial charge < -0.3 is 4.98 Å². The molecule has 0 atom stereocenters. The number of Topliss-reactive ketones (excluding diaryl/α,β-unsaturated/α-hetero) is 1. The minimum absolute atomic E-state index is 0.367. The van der Waals surface area contributed by atoms with Crippen molar-refractivity contribution in [1.29, 1.82) is 0 Å². The van der Waals surface area contributed by atoms with Gasteiger partial charge in [0.05, 0.1) is 5.56 Å². The molecule has 0 aliphatic carbocycles. The average molecular weight is 285 g/mol. The summed E-state index contributed by atoms with van der Waals surface area (Å²) in [5, 5.41) is 3.69. The molecule has 1 aromatic carbocycles. The Morgan fingerprint density at radius 1 is 1.30 bits per heavy atom. The van der Waals surface area contributed by atoms with Crippen molar-refractivity contribution in [1.82, 2.24) is 9.97 Å². The summed E-state index contributed by atoms with van der Waals surface area (Å²) in [5.74, 6) is -1.25. The van der Waals surface area contributed by atoms with Gasteiger partial charge in [0.1, 0.15) is 0 Å². The highest BCUT2D eigenvalue weighted by molar-refractivity contribution is 7.15. The molecule has 3 rings (SSSR count). The number of ketones is 1. The summed E-state index contributed by atoms with van der Waals surface area (Å²) in [5.41, 5.74) is 1.19. The number of carbonyl (C=O) groups is 2. The fraction of sp³-hybridized carbons (Fsp3) is 0.0714. The summed E-state index contributed by atoms with van der Waals surface area (Å²) in [6, 6.07) is 7.36. The molecule has 0 radical (unpaired) electrons. The lowest BCUT2D eigenvalue weighted by atomic mass is 10.1. The molecule has 0 aliphatic heterocycles. The van der Waals surface area contributed by atoms with E-state index in [1.165, 1.54) is 11.3 Å². The van der Waals surface area contributed by atoms with Crippen LogP contribution in [0.5, 0.6) is 0 Å². The van der Waals surface area contributed by atoms with E-state index in [9.17, 15) is 9.59 Å². The lowest BCUT2D eigenvalue weighted by molar-refractivity contribution is -0.112. The summed E-state index contributed by atoms with van der Waals surface area (Å²) in [6.45, 7) is 1.88. The van der Waals surface area contributed by atoms with E-state index in [4.69, 9.17) is 0 Å². The Morgan fingerprint density at radius 2 is 2.10 bits per heavy atom. The SMILES string of the molecule is Cc1cnc(NC(=O)C(=O)c2c[nH]c3ccccc23)s1. The van der Waals surface area contributed by atoms with Crippen LogP contribution in [0.2, 0.25) is 0 Å². The quantitative estimate of drug-likeness (QED) is 0.574. The van der Waals surface area contributed by atoms with E-state index in [2.05, 4.69) is 15.3 Å². The number of hydrogen-bond acceptors (Lipinski definition) is 4. The van der Waals surface area contributed by atoms with Crippen LogP contribution in [-0.4, -0.2) is 21.7 Å². The van der Waals surface area contributed by atoms with Crippen LogP contribution < -0.4 is 5.32 Å². The number of hydrogen-bond donors (Lipinski definition) is 2. The highest BCUT2D eigenvalue weighted by atomic mass is 32.1. The predicted octanol–water partition coefficient (Wildman–Crippen LogP) is 2.75. The van der Waals surface area contributed by atoms with Crippen molar-refractivity contribution >= 4 is 39.1 Å². The molecule has 5 nitrogen and oxygen atoms in total. The smallest absolute Gasteiger partial charge is 0.298 e. The van der Waals surface area contributed by atoms with E-state index in [-0.39, 0.29) is 0 Å². The second kappa shape index (κ2) is 4.90. The largest absolute Gasteiger partial charge is 0.360 e. The first-order valence-electron chi connectivity index (χ1n) is 5.99. The molecule has 2 aromatic heterocycles. The number of aromatic amines is 1. The number of amides is 1. The van der Waals surface area contributed by atoms with Crippen molar-refractivity contribution in [3.63, 3.8) is 0 Å². The molecule has 0 bridgehead atoms. The van der Waals surface area contributed by atoms with Crippen LogP contribution in [0.25, 0.3) is 10.9 Å². The van der Waals surface area contributed by atoms with Gasteiger partial charge in [0.25, 0.3) is 11.7 Å². The van der Waals surface area contributed by atoms with Crippen LogP contribution in [0.4, 0.5) is 5.13 Å². The molecule has 0 saturated heterocycles. The lowest BCUT2D eigenvalue weighted by Gasteiger charge is -1.99. The Kier molecular flexibility index (Phi) is 3.08. The van der Waals surface area contributed by atoms with Crippen LogP contribution in [-0.2, 0) is 4.79 Å². The molecule has 0 unspecified atom stereocenters. The van der Waals surface area contributed by atoms with Gasteiger partial charge in [-0.1, -0.05) is 18.2 Å². The molecule has 0 spiro atoms. The second-order valence-electron chi connectivity index (χ2n) is 4.31.